The summed E-state index contributed by atoms with van der Waals surface area (Å²) in [6, 6.07) is 2.00. The molecular formula is C13H22ClN3. The Bertz CT molecular complexity index is 341. The Morgan fingerprint density at radius 1 is 1.35 bits per heavy atom. The zero-order chi connectivity index (χ0) is 12.7. The van der Waals surface area contributed by atoms with Gasteiger partial charge in [-0.3, -0.25) is 0 Å². The first kappa shape index (κ1) is 14.3. The maximum absolute atomic E-state index is 6.24. The summed E-state index contributed by atoms with van der Waals surface area (Å²) in [5, 5.41) is 4.07. The molecule has 0 aliphatic carbocycles. The van der Waals surface area contributed by atoms with E-state index in [0.717, 1.165) is 48.9 Å². The minimum absolute atomic E-state index is 0.733. The number of halogens is 1. The van der Waals surface area contributed by atoms with E-state index in [-0.39, 0.29) is 0 Å². The summed E-state index contributed by atoms with van der Waals surface area (Å²) in [7, 11) is 2.02. The Morgan fingerprint density at radius 2 is 2.12 bits per heavy atom. The molecule has 17 heavy (non-hydrogen) atoms. The van der Waals surface area contributed by atoms with Crippen molar-refractivity contribution in [2.75, 3.05) is 25.0 Å². The fourth-order valence-electron chi connectivity index (χ4n) is 1.70. The largest absolute Gasteiger partial charge is 0.358 e. The minimum atomic E-state index is 0.733. The van der Waals surface area contributed by atoms with E-state index in [2.05, 4.69) is 29.0 Å². The van der Waals surface area contributed by atoms with E-state index < -0.39 is 0 Å². The SMILES string of the molecule is CCCNCc1cnc(N(C)CCC)c(Cl)c1. The van der Waals surface area contributed by atoms with Crippen molar-refractivity contribution in [1.82, 2.24) is 10.3 Å². The summed E-state index contributed by atoms with van der Waals surface area (Å²) in [4.78, 5) is 6.52. The molecule has 4 heteroatoms. The average molecular weight is 256 g/mol. The summed E-state index contributed by atoms with van der Waals surface area (Å²) in [6.07, 6.45) is 4.13. The molecule has 0 saturated carbocycles. The van der Waals surface area contributed by atoms with E-state index in [9.17, 15) is 0 Å². The van der Waals surface area contributed by atoms with Crippen molar-refractivity contribution in [1.29, 1.82) is 0 Å². The maximum Gasteiger partial charge on any atom is 0.147 e. The molecule has 96 valence electrons. The molecule has 0 spiro atoms. The Morgan fingerprint density at radius 3 is 2.71 bits per heavy atom. The number of nitrogens with one attached hydrogen (secondary N) is 1. The lowest BCUT2D eigenvalue weighted by atomic mass is 10.2. The van der Waals surface area contributed by atoms with Crippen LogP contribution < -0.4 is 10.2 Å². The molecule has 1 aromatic heterocycles. The Hall–Kier alpha value is -0.800. The molecule has 0 amide bonds. The van der Waals surface area contributed by atoms with E-state index in [1.165, 1.54) is 0 Å². The Kier molecular flexibility index (Phi) is 6.30. The van der Waals surface area contributed by atoms with Crippen molar-refractivity contribution >= 4 is 17.4 Å². The van der Waals surface area contributed by atoms with E-state index in [1.807, 2.05) is 19.3 Å². The normalized spacial score (nSPS) is 10.6. The lowest BCUT2D eigenvalue weighted by Gasteiger charge is -2.18. The summed E-state index contributed by atoms with van der Waals surface area (Å²) in [5.74, 6) is 0.868. The van der Waals surface area contributed by atoms with Gasteiger partial charge < -0.3 is 10.2 Å². The van der Waals surface area contributed by atoms with Crippen molar-refractivity contribution in [3.8, 4) is 0 Å². The third kappa shape index (κ3) is 4.52. The molecule has 0 aromatic carbocycles. The molecule has 0 unspecified atom stereocenters. The number of pyridine rings is 1. The molecule has 0 aliphatic rings. The molecule has 0 fully saturated rings. The highest BCUT2D eigenvalue weighted by atomic mass is 35.5. The first-order valence-electron chi connectivity index (χ1n) is 6.25. The van der Waals surface area contributed by atoms with Crippen LogP contribution in [0, 0.1) is 0 Å². The van der Waals surface area contributed by atoms with Gasteiger partial charge in [0.1, 0.15) is 5.82 Å². The van der Waals surface area contributed by atoms with E-state index in [1.54, 1.807) is 0 Å². The first-order valence-corrected chi connectivity index (χ1v) is 6.63. The molecule has 1 N–H and O–H groups in total. The van der Waals surface area contributed by atoms with Gasteiger partial charge in [0.05, 0.1) is 5.02 Å². The van der Waals surface area contributed by atoms with Crippen LogP contribution >= 0.6 is 11.6 Å². The van der Waals surface area contributed by atoms with E-state index in [0.29, 0.717) is 0 Å². The fourth-order valence-corrected chi connectivity index (χ4v) is 2.03. The number of anilines is 1. The number of aromatic nitrogens is 1. The van der Waals surface area contributed by atoms with Gasteiger partial charge >= 0.3 is 0 Å². The van der Waals surface area contributed by atoms with Gasteiger partial charge in [0, 0.05) is 26.3 Å². The van der Waals surface area contributed by atoms with Crippen LogP contribution in [0.5, 0.6) is 0 Å². The van der Waals surface area contributed by atoms with Crippen LogP contribution in [0.25, 0.3) is 0 Å². The number of hydrogen-bond donors (Lipinski definition) is 1. The van der Waals surface area contributed by atoms with Gasteiger partial charge in [0.15, 0.2) is 0 Å². The molecule has 1 aromatic rings. The van der Waals surface area contributed by atoms with Gasteiger partial charge in [0.25, 0.3) is 0 Å². The highest BCUT2D eigenvalue weighted by Gasteiger charge is 2.07. The second-order valence-corrected chi connectivity index (χ2v) is 4.65. The second-order valence-electron chi connectivity index (χ2n) is 4.25. The van der Waals surface area contributed by atoms with Crippen LogP contribution in [0.2, 0.25) is 5.02 Å². The molecule has 0 radical (unpaired) electrons. The van der Waals surface area contributed by atoms with Crippen LogP contribution in [0.3, 0.4) is 0 Å². The van der Waals surface area contributed by atoms with Crippen LogP contribution in [0.1, 0.15) is 32.3 Å². The third-order valence-electron chi connectivity index (χ3n) is 2.55. The molecule has 1 rings (SSSR count). The topological polar surface area (TPSA) is 28.2 Å². The Labute approximate surface area is 109 Å². The van der Waals surface area contributed by atoms with Crippen LogP contribution in [0.4, 0.5) is 5.82 Å². The monoisotopic (exact) mass is 255 g/mol. The molecule has 0 atom stereocenters. The van der Waals surface area contributed by atoms with Gasteiger partial charge in [-0.25, -0.2) is 4.98 Å². The van der Waals surface area contributed by atoms with Gasteiger partial charge in [0.2, 0.25) is 0 Å². The van der Waals surface area contributed by atoms with Crippen LogP contribution in [0.15, 0.2) is 12.3 Å². The molecule has 0 saturated heterocycles. The maximum atomic E-state index is 6.24. The number of nitrogens with zero attached hydrogens (tertiary/aromatic N) is 2. The molecule has 1 heterocycles. The smallest absolute Gasteiger partial charge is 0.147 e. The van der Waals surface area contributed by atoms with Crippen LogP contribution in [-0.2, 0) is 6.54 Å². The van der Waals surface area contributed by atoms with Gasteiger partial charge in [-0.15, -0.1) is 0 Å². The molecular weight excluding hydrogens is 234 g/mol. The van der Waals surface area contributed by atoms with Crippen molar-refractivity contribution in [3.63, 3.8) is 0 Å². The highest BCUT2D eigenvalue weighted by molar-refractivity contribution is 6.33. The van der Waals surface area contributed by atoms with Crippen molar-refractivity contribution in [3.05, 3.63) is 22.8 Å². The van der Waals surface area contributed by atoms with Gasteiger partial charge in [-0.1, -0.05) is 25.4 Å². The van der Waals surface area contributed by atoms with Crippen molar-refractivity contribution in [2.24, 2.45) is 0 Å². The first-order chi connectivity index (χ1) is 8.19. The molecule has 0 aliphatic heterocycles. The lowest BCUT2D eigenvalue weighted by Crippen LogP contribution is -2.20. The zero-order valence-electron chi connectivity index (χ0n) is 11.0. The minimum Gasteiger partial charge on any atom is -0.358 e. The van der Waals surface area contributed by atoms with E-state index in [4.69, 9.17) is 11.6 Å². The quantitative estimate of drug-likeness (QED) is 0.759. The summed E-state index contributed by atoms with van der Waals surface area (Å²) in [6.45, 7) is 7.13. The van der Waals surface area contributed by atoms with E-state index >= 15 is 0 Å². The van der Waals surface area contributed by atoms with Crippen LogP contribution in [-0.4, -0.2) is 25.1 Å². The van der Waals surface area contributed by atoms with Crippen molar-refractivity contribution in [2.45, 2.75) is 33.2 Å². The van der Waals surface area contributed by atoms with Gasteiger partial charge in [-0.2, -0.15) is 0 Å². The average Bonchev–Trinajstić information content (AvgIpc) is 2.29. The van der Waals surface area contributed by atoms with Gasteiger partial charge in [-0.05, 0) is 31.0 Å². The number of rotatable bonds is 7. The lowest BCUT2D eigenvalue weighted by molar-refractivity contribution is 0.673. The molecule has 3 nitrogen and oxygen atoms in total. The molecule has 0 bridgehead atoms. The summed E-state index contributed by atoms with van der Waals surface area (Å²) in [5.41, 5.74) is 1.14. The summed E-state index contributed by atoms with van der Waals surface area (Å²) < 4.78 is 0. The third-order valence-corrected chi connectivity index (χ3v) is 2.83. The second kappa shape index (κ2) is 7.51. The predicted molar refractivity (Wildman–Crippen MR) is 74.8 cm³/mol. The zero-order valence-corrected chi connectivity index (χ0v) is 11.7. The fraction of sp³-hybridized carbons (Fsp3) is 0.615. The predicted octanol–water partition coefficient (Wildman–Crippen LogP) is 3.08. The highest BCUT2D eigenvalue weighted by Crippen LogP contribution is 2.23. The Balaban J connectivity index is 2.65. The van der Waals surface area contributed by atoms with Crippen molar-refractivity contribution < 1.29 is 0 Å². The standard InChI is InChI=1S/C13H22ClN3/c1-4-6-15-9-11-8-12(14)13(16-10-11)17(3)7-5-2/h8,10,15H,4-7,9H2,1-3H3. The number of hydrogen-bond acceptors (Lipinski definition) is 3. The summed E-state index contributed by atoms with van der Waals surface area (Å²) >= 11 is 6.24.